The largest absolute Gasteiger partial charge is 0.352 e. The Morgan fingerprint density at radius 1 is 1.82 bits per heavy atom. The predicted octanol–water partition coefficient (Wildman–Crippen LogP) is 0.947. The molecule has 0 saturated carbocycles. The van der Waals surface area contributed by atoms with Gasteiger partial charge in [-0.3, -0.25) is 0 Å². The number of nitrogens with zero attached hydrogens (tertiary/aromatic N) is 1. The Bertz CT molecular complexity index is 210. The first kappa shape index (κ1) is 9.90. The second-order valence-electron chi connectivity index (χ2n) is 1.64. The Morgan fingerprint density at radius 3 is 3.00 bits per heavy atom. The topological polar surface area (TPSA) is 68.0 Å². The number of primary amides is 1. The maximum atomic E-state index is 10.2. The van der Waals surface area contributed by atoms with Crippen LogP contribution in [0.2, 0.25) is 0 Å². The van der Waals surface area contributed by atoms with Gasteiger partial charge >= 0.3 is 6.03 Å². The van der Waals surface area contributed by atoms with Crippen molar-refractivity contribution in [1.82, 2.24) is 10.3 Å². The minimum atomic E-state index is -0.518. The summed E-state index contributed by atoms with van der Waals surface area (Å²) in [4.78, 5) is 14.1. The molecule has 0 fully saturated rings. The number of rotatable bonds is 2. The van der Waals surface area contributed by atoms with Crippen LogP contribution < -0.4 is 11.1 Å². The van der Waals surface area contributed by atoms with Crippen molar-refractivity contribution in [3.8, 4) is 0 Å². The van der Waals surface area contributed by atoms with E-state index in [9.17, 15) is 4.79 Å². The third-order valence-corrected chi connectivity index (χ3v) is 1.68. The van der Waals surface area contributed by atoms with Gasteiger partial charge < -0.3 is 11.1 Å². The fourth-order valence-electron chi connectivity index (χ4n) is 0.503. The highest BCUT2D eigenvalue weighted by molar-refractivity contribution is 7.09. The molecule has 62 valence electrons. The number of carbonyl (C=O) groups excluding carboxylic acids is 1. The first-order valence-electron chi connectivity index (χ1n) is 2.70. The molecule has 1 aromatic heterocycles. The minimum absolute atomic E-state index is 0. The number of nitrogens with two attached hydrogens (primary N) is 1. The number of hydrogen-bond donors (Lipinski definition) is 2. The summed E-state index contributed by atoms with van der Waals surface area (Å²) in [5.74, 6) is 0. The first-order valence-corrected chi connectivity index (χ1v) is 3.58. The number of urea groups is 1. The zero-order chi connectivity index (χ0) is 7.40. The van der Waals surface area contributed by atoms with E-state index in [1.165, 1.54) is 11.3 Å². The number of amides is 2. The smallest absolute Gasteiger partial charge is 0.312 e. The highest BCUT2D eigenvalue weighted by Crippen LogP contribution is 2.01. The Balaban J connectivity index is 0.000001000. The van der Waals surface area contributed by atoms with Gasteiger partial charge in [-0.1, -0.05) is 7.43 Å². The second-order valence-corrected chi connectivity index (χ2v) is 2.62. The molecule has 0 radical (unpaired) electrons. The summed E-state index contributed by atoms with van der Waals surface area (Å²) in [5, 5.41) is 5.14. The van der Waals surface area contributed by atoms with E-state index < -0.39 is 6.03 Å². The van der Waals surface area contributed by atoms with Crippen LogP contribution in [0.3, 0.4) is 0 Å². The van der Waals surface area contributed by atoms with Gasteiger partial charge in [0, 0.05) is 11.6 Å². The zero-order valence-electron chi connectivity index (χ0n) is 5.20. The highest BCUT2D eigenvalue weighted by Gasteiger charge is 1.94. The summed E-state index contributed by atoms with van der Waals surface area (Å²) in [5.41, 5.74) is 4.84. The van der Waals surface area contributed by atoms with E-state index in [-0.39, 0.29) is 7.43 Å². The predicted molar refractivity (Wildman–Crippen MR) is 45.3 cm³/mol. The Morgan fingerprint density at radius 2 is 2.55 bits per heavy atom. The molecule has 1 heterocycles. The molecule has 11 heavy (non-hydrogen) atoms. The van der Waals surface area contributed by atoms with Crippen LogP contribution in [0.1, 0.15) is 12.4 Å². The molecule has 0 aliphatic rings. The van der Waals surface area contributed by atoms with Crippen LogP contribution in [0.4, 0.5) is 4.79 Å². The van der Waals surface area contributed by atoms with Crippen molar-refractivity contribution >= 4 is 17.4 Å². The van der Waals surface area contributed by atoms with E-state index in [0.29, 0.717) is 6.54 Å². The van der Waals surface area contributed by atoms with Crippen LogP contribution in [0.15, 0.2) is 11.6 Å². The number of thiazole rings is 1. The fourth-order valence-corrected chi connectivity index (χ4v) is 1.06. The maximum absolute atomic E-state index is 10.2. The molecule has 1 aromatic rings. The summed E-state index contributed by atoms with van der Waals surface area (Å²) in [6.45, 7) is 0.424. The van der Waals surface area contributed by atoms with Gasteiger partial charge in [0.05, 0.1) is 6.54 Å². The minimum Gasteiger partial charge on any atom is -0.352 e. The molecular weight excluding hydrogens is 162 g/mol. The Hall–Kier alpha value is -1.10. The number of aromatic nitrogens is 1. The van der Waals surface area contributed by atoms with Crippen molar-refractivity contribution in [3.63, 3.8) is 0 Å². The molecule has 0 aliphatic heterocycles. The molecule has 0 saturated heterocycles. The lowest BCUT2D eigenvalue weighted by Gasteiger charge is -1.94. The van der Waals surface area contributed by atoms with Gasteiger partial charge in [-0.25, -0.2) is 9.78 Å². The molecule has 2 amide bonds. The van der Waals surface area contributed by atoms with E-state index in [4.69, 9.17) is 5.73 Å². The van der Waals surface area contributed by atoms with Gasteiger partial charge in [-0.15, -0.1) is 11.3 Å². The van der Waals surface area contributed by atoms with Crippen LogP contribution >= 0.6 is 11.3 Å². The number of carbonyl (C=O) groups is 1. The summed E-state index contributed by atoms with van der Waals surface area (Å²) in [6, 6.07) is -0.518. The van der Waals surface area contributed by atoms with Crippen molar-refractivity contribution in [2.45, 2.75) is 14.0 Å². The van der Waals surface area contributed by atoms with Crippen molar-refractivity contribution < 1.29 is 4.79 Å². The van der Waals surface area contributed by atoms with Gasteiger partial charge in [0.15, 0.2) is 0 Å². The summed E-state index contributed by atoms with van der Waals surface area (Å²) in [6.07, 6.45) is 1.68. The molecule has 0 aromatic carbocycles. The van der Waals surface area contributed by atoms with Crippen LogP contribution in [0.25, 0.3) is 0 Å². The summed E-state index contributed by atoms with van der Waals surface area (Å²) in [7, 11) is 0. The van der Waals surface area contributed by atoms with Crippen molar-refractivity contribution in [1.29, 1.82) is 0 Å². The molecular formula is C6H11N3OS. The van der Waals surface area contributed by atoms with Crippen LogP contribution in [0.5, 0.6) is 0 Å². The van der Waals surface area contributed by atoms with Crippen molar-refractivity contribution in [3.05, 3.63) is 16.6 Å². The monoisotopic (exact) mass is 173 g/mol. The molecule has 0 atom stereocenters. The third kappa shape index (κ3) is 3.57. The average Bonchev–Trinajstić information content (AvgIpc) is 2.34. The van der Waals surface area contributed by atoms with Gasteiger partial charge in [0.25, 0.3) is 0 Å². The number of nitrogens with one attached hydrogen (secondary N) is 1. The molecule has 5 heteroatoms. The van der Waals surface area contributed by atoms with Gasteiger partial charge in [0.2, 0.25) is 0 Å². The lowest BCUT2D eigenvalue weighted by Crippen LogP contribution is -2.28. The van der Waals surface area contributed by atoms with Crippen molar-refractivity contribution in [2.75, 3.05) is 0 Å². The molecule has 0 bridgehead atoms. The second kappa shape index (κ2) is 4.68. The Kier molecular flexibility index (Phi) is 4.21. The molecule has 0 spiro atoms. The lowest BCUT2D eigenvalue weighted by atomic mass is 10.7. The van der Waals surface area contributed by atoms with Crippen LogP contribution in [-0.2, 0) is 6.54 Å². The lowest BCUT2D eigenvalue weighted by molar-refractivity contribution is 0.248. The van der Waals surface area contributed by atoms with Gasteiger partial charge in [0.1, 0.15) is 5.01 Å². The SMILES string of the molecule is C.NC(=O)NCc1nccs1. The van der Waals surface area contributed by atoms with E-state index in [2.05, 4.69) is 10.3 Å². The van der Waals surface area contributed by atoms with Gasteiger partial charge in [-0.2, -0.15) is 0 Å². The average molecular weight is 173 g/mol. The zero-order valence-corrected chi connectivity index (χ0v) is 6.02. The quantitative estimate of drug-likeness (QED) is 0.699. The molecule has 4 nitrogen and oxygen atoms in total. The van der Waals surface area contributed by atoms with E-state index in [1.807, 2.05) is 5.38 Å². The summed E-state index contributed by atoms with van der Waals surface area (Å²) >= 11 is 1.48. The molecule has 0 aliphatic carbocycles. The maximum Gasteiger partial charge on any atom is 0.312 e. The number of hydrogen-bond acceptors (Lipinski definition) is 3. The molecule has 3 N–H and O–H groups in total. The summed E-state index contributed by atoms with van der Waals surface area (Å²) < 4.78 is 0. The van der Waals surface area contributed by atoms with E-state index >= 15 is 0 Å². The van der Waals surface area contributed by atoms with E-state index in [1.54, 1.807) is 6.20 Å². The normalized spacial score (nSPS) is 8.36. The first-order chi connectivity index (χ1) is 4.79. The third-order valence-electron chi connectivity index (χ3n) is 0.897. The fraction of sp³-hybridized carbons (Fsp3) is 0.333. The standard InChI is InChI=1S/C5H7N3OS.CH4/c6-5(9)8-3-4-7-1-2-10-4;/h1-2H,3H2,(H3,6,8,9);1H4. The molecule has 0 unspecified atom stereocenters. The highest BCUT2D eigenvalue weighted by atomic mass is 32.1. The van der Waals surface area contributed by atoms with Gasteiger partial charge in [-0.05, 0) is 0 Å². The molecule has 1 rings (SSSR count). The van der Waals surface area contributed by atoms with Crippen molar-refractivity contribution in [2.24, 2.45) is 5.73 Å². The Labute approximate surface area is 69.4 Å². The van der Waals surface area contributed by atoms with Crippen LogP contribution in [-0.4, -0.2) is 11.0 Å². The van der Waals surface area contributed by atoms with Crippen LogP contribution in [0, 0.1) is 0 Å². The van der Waals surface area contributed by atoms with E-state index in [0.717, 1.165) is 5.01 Å².